The molecule has 3 atom stereocenters. The lowest BCUT2D eigenvalue weighted by Crippen LogP contribution is -2.48. The van der Waals surface area contributed by atoms with Crippen molar-refractivity contribution in [2.45, 2.75) is 71.1 Å². The van der Waals surface area contributed by atoms with Crippen LogP contribution in [0.25, 0.3) is 0 Å². The quantitative estimate of drug-likeness (QED) is 0.867. The standard InChI is InChI=1S/C19H31NO2/c1-14(2)17-8-10-19(11-9-17)22-13-18(21)12-20-15(3)6-5-7-16(20)4/h8-11,14-16,18,21H,5-7,12-13H2,1-4H3/t15-,16-,18-/m1/s1. The van der Waals surface area contributed by atoms with Gasteiger partial charge in [-0.15, -0.1) is 0 Å². The van der Waals surface area contributed by atoms with Crippen LogP contribution in [0.3, 0.4) is 0 Å². The van der Waals surface area contributed by atoms with Gasteiger partial charge in [-0.2, -0.15) is 0 Å². The van der Waals surface area contributed by atoms with Gasteiger partial charge in [0.25, 0.3) is 0 Å². The molecule has 1 aromatic rings. The molecule has 1 N–H and O–H groups in total. The maximum absolute atomic E-state index is 10.3. The summed E-state index contributed by atoms with van der Waals surface area (Å²) in [5.74, 6) is 1.37. The van der Waals surface area contributed by atoms with Crippen molar-refractivity contribution in [2.24, 2.45) is 0 Å². The van der Waals surface area contributed by atoms with Gasteiger partial charge >= 0.3 is 0 Å². The highest BCUT2D eigenvalue weighted by Crippen LogP contribution is 2.23. The highest BCUT2D eigenvalue weighted by molar-refractivity contribution is 5.28. The minimum atomic E-state index is -0.437. The molecule has 0 saturated carbocycles. The van der Waals surface area contributed by atoms with Crippen molar-refractivity contribution in [3.8, 4) is 5.75 Å². The minimum Gasteiger partial charge on any atom is -0.491 e. The number of hydrogen-bond donors (Lipinski definition) is 1. The number of β-amino-alcohol motifs (C(OH)–C–C–N with tert-alkyl or cyclic N) is 1. The van der Waals surface area contributed by atoms with E-state index in [0.717, 1.165) is 5.75 Å². The van der Waals surface area contributed by atoms with Crippen molar-refractivity contribution in [2.75, 3.05) is 13.2 Å². The fraction of sp³-hybridized carbons (Fsp3) is 0.684. The van der Waals surface area contributed by atoms with Crippen molar-refractivity contribution < 1.29 is 9.84 Å². The molecule has 1 saturated heterocycles. The van der Waals surface area contributed by atoms with Crippen LogP contribution in [-0.2, 0) is 0 Å². The van der Waals surface area contributed by atoms with Gasteiger partial charge in [-0.3, -0.25) is 4.90 Å². The van der Waals surface area contributed by atoms with E-state index < -0.39 is 6.10 Å². The van der Waals surface area contributed by atoms with Crippen LogP contribution in [0.1, 0.15) is 58.4 Å². The number of piperidine rings is 1. The Bertz CT molecular complexity index is 433. The van der Waals surface area contributed by atoms with Crippen LogP contribution in [0.4, 0.5) is 0 Å². The van der Waals surface area contributed by atoms with Crippen molar-refractivity contribution >= 4 is 0 Å². The molecule has 0 unspecified atom stereocenters. The summed E-state index contributed by atoms with van der Waals surface area (Å²) in [7, 11) is 0. The second-order valence-corrected chi connectivity index (χ2v) is 7.01. The minimum absolute atomic E-state index is 0.358. The second kappa shape index (κ2) is 7.98. The molecule has 0 amide bonds. The Hall–Kier alpha value is -1.06. The zero-order valence-electron chi connectivity index (χ0n) is 14.5. The van der Waals surface area contributed by atoms with Crippen molar-refractivity contribution in [1.82, 2.24) is 4.90 Å². The van der Waals surface area contributed by atoms with Crippen molar-refractivity contribution in [3.63, 3.8) is 0 Å². The predicted octanol–water partition coefficient (Wildman–Crippen LogP) is 3.81. The van der Waals surface area contributed by atoms with Gasteiger partial charge in [0.2, 0.25) is 0 Å². The van der Waals surface area contributed by atoms with Crippen LogP contribution < -0.4 is 4.74 Å². The molecule has 3 heteroatoms. The summed E-state index contributed by atoms with van der Waals surface area (Å²) in [5, 5.41) is 10.3. The molecule has 1 aliphatic rings. The summed E-state index contributed by atoms with van der Waals surface area (Å²) in [5.41, 5.74) is 1.31. The lowest BCUT2D eigenvalue weighted by Gasteiger charge is -2.40. The monoisotopic (exact) mass is 305 g/mol. The molecule has 0 aliphatic carbocycles. The molecule has 3 nitrogen and oxygen atoms in total. The molecular formula is C19H31NO2. The summed E-state index contributed by atoms with van der Waals surface area (Å²) in [6, 6.07) is 9.30. The first-order valence-electron chi connectivity index (χ1n) is 8.64. The molecule has 1 aromatic carbocycles. The lowest BCUT2D eigenvalue weighted by atomic mass is 9.97. The number of nitrogens with zero attached hydrogens (tertiary/aromatic N) is 1. The van der Waals surface area contributed by atoms with Crippen molar-refractivity contribution in [1.29, 1.82) is 0 Å². The Labute approximate surface area is 135 Å². The Balaban J connectivity index is 1.80. The normalized spacial score (nSPS) is 24.5. The van der Waals surface area contributed by atoms with Crippen LogP contribution in [0.2, 0.25) is 0 Å². The molecule has 0 spiro atoms. The number of aliphatic hydroxyl groups is 1. The number of hydrogen-bond acceptors (Lipinski definition) is 3. The van der Waals surface area contributed by atoms with Crippen LogP contribution in [-0.4, -0.2) is 41.3 Å². The van der Waals surface area contributed by atoms with Gasteiger partial charge in [-0.05, 0) is 50.3 Å². The first kappa shape index (κ1) is 17.3. The van der Waals surface area contributed by atoms with E-state index >= 15 is 0 Å². The van der Waals surface area contributed by atoms with Gasteiger partial charge in [0.05, 0.1) is 0 Å². The van der Waals surface area contributed by atoms with Crippen LogP contribution in [0, 0.1) is 0 Å². The predicted molar refractivity (Wildman–Crippen MR) is 91.5 cm³/mol. The second-order valence-electron chi connectivity index (χ2n) is 7.01. The summed E-state index contributed by atoms with van der Waals surface area (Å²) >= 11 is 0. The number of benzene rings is 1. The van der Waals surface area contributed by atoms with Crippen molar-refractivity contribution in [3.05, 3.63) is 29.8 Å². The van der Waals surface area contributed by atoms with E-state index in [1.165, 1.54) is 24.8 Å². The average Bonchev–Trinajstić information content (AvgIpc) is 2.49. The maximum Gasteiger partial charge on any atom is 0.119 e. The fourth-order valence-corrected chi connectivity index (χ4v) is 3.27. The van der Waals surface area contributed by atoms with E-state index in [9.17, 15) is 5.11 Å². The van der Waals surface area contributed by atoms with Crippen LogP contribution >= 0.6 is 0 Å². The SMILES string of the molecule is CC(C)c1ccc(OC[C@H](O)CN2[C@H](C)CCC[C@H]2C)cc1. The third-order valence-corrected chi connectivity index (χ3v) is 4.79. The topological polar surface area (TPSA) is 32.7 Å². The lowest BCUT2D eigenvalue weighted by molar-refractivity contribution is 0.0209. The number of rotatable bonds is 6. The third kappa shape index (κ3) is 4.72. The first-order valence-corrected chi connectivity index (χ1v) is 8.64. The van der Waals surface area contributed by atoms with Gasteiger partial charge in [-0.25, -0.2) is 0 Å². The summed E-state index contributed by atoms with van der Waals surface area (Å²) in [4.78, 5) is 2.42. The summed E-state index contributed by atoms with van der Waals surface area (Å²) in [6.45, 7) is 9.94. The summed E-state index contributed by atoms with van der Waals surface area (Å²) in [6.07, 6.45) is 3.32. The van der Waals surface area contributed by atoms with Gasteiger partial charge in [-0.1, -0.05) is 32.4 Å². The Morgan fingerprint density at radius 3 is 2.27 bits per heavy atom. The Morgan fingerprint density at radius 1 is 1.14 bits per heavy atom. The summed E-state index contributed by atoms with van der Waals surface area (Å²) < 4.78 is 5.74. The van der Waals surface area contributed by atoms with Crippen LogP contribution in [0.5, 0.6) is 5.75 Å². The van der Waals surface area contributed by atoms with Gasteiger partial charge in [0, 0.05) is 18.6 Å². The molecule has 1 heterocycles. The molecule has 1 fully saturated rings. The molecule has 0 aromatic heterocycles. The maximum atomic E-state index is 10.3. The van der Waals surface area contributed by atoms with E-state index in [1.54, 1.807) is 0 Å². The average molecular weight is 305 g/mol. The number of aliphatic hydroxyl groups excluding tert-OH is 1. The first-order chi connectivity index (χ1) is 10.5. The molecule has 124 valence electrons. The van der Waals surface area contributed by atoms with E-state index in [1.807, 2.05) is 12.1 Å². The fourth-order valence-electron chi connectivity index (χ4n) is 3.27. The zero-order chi connectivity index (χ0) is 16.1. The van der Waals surface area contributed by atoms with E-state index in [0.29, 0.717) is 31.2 Å². The number of ether oxygens (including phenoxy) is 1. The third-order valence-electron chi connectivity index (χ3n) is 4.79. The van der Waals surface area contributed by atoms with Gasteiger partial charge in [0.15, 0.2) is 0 Å². The van der Waals surface area contributed by atoms with E-state index in [2.05, 4.69) is 44.7 Å². The molecule has 22 heavy (non-hydrogen) atoms. The van der Waals surface area contributed by atoms with E-state index in [4.69, 9.17) is 4.74 Å². The molecule has 2 rings (SSSR count). The number of likely N-dealkylation sites (tertiary alicyclic amines) is 1. The highest BCUT2D eigenvalue weighted by Gasteiger charge is 2.26. The molecule has 0 radical (unpaired) electrons. The molecule has 0 bridgehead atoms. The van der Waals surface area contributed by atoms with Gasteiger partial charge in [0.1, 0.15) is 18.5 Å². The zero-order valence-corrected chi connectivity index (χ0v) is 14.5. The molecule has 1 aliphatic heterocycles. The van der Waals surface area contributed by atoms with Crippen LogP contribution in [0.15, 0.2) is 24.3 Å². The smallest absolute Gasteiger partial charge is 0.119 e. The Morgan fingerprint density at radius 2 is 1.73 bits per heavy atom. The largest absolute Gasteiger partial charge is 0.491 e. The molecular weight excluding hydrogens is 274 g/mol. The van der Waals surface area contributed by atoms with Gasteiger partial charge < -0.3 is 9.84 Å². The van der Waals surface area contributed by atoms with E-state index in [-0.39, 0.29) is 0 Å². The Kier molecular flexibility index (Phi) is 6.27. The highest BCUT2D eigenvalue weighted by atomic mass is 16.5.